The Morgan fingerprint density at radius 1 is 1.07 bits per heavy atom. The monoisotopic (exact) mass is 396 g/mol. The number of hydrogen-bond acceptors (Lipinski definition) is 5. The molecule has 3 aromatic rings. The first kappa shape index (κ1) is 19.3. The molecular weight excluding hydrogens is 380 g/mol. The first-order valence-corrected chi connectivity index (χ1v) is 8.72. The van der Waals surface area contributed by atoms with Gasteiger partial charge in [0.2, 0.25) is 0 Å². The molecule has 0 unspecified atom stereocenters. The summed E-state index contributed by atoms with van der Waals surface area (Å²) < 4.78 is 5.82. The molecule has 0 fully saturated rings. The summed E-state index contributed by atoms with van der Waals surface area (Å²) >= 11 is 5.88. The minimum atomic E-state index is -0.603. The van der Waals surface area contributed by atoms with Crippen LogP contribution in [0.3, 0.4) is 0 Å². The maximum atomic E-state index is 12.1. The standard InChI is InChI=1S/C21H17ClN2O4/c22-16-7-5-14(6-8-16)13-28-20-4-2-1-3-15(20)12-23-24-21(27)18-10-9-17(25)11-19(18)26/h1-12,25-26H,13H2,(H,24,27)/b23-12-. The summed E-state index contributed by atoms with van der Waals surface area (Å²) in [6.45, 7) is 0.357. The first-order valence-electron chi connectivity index (χ1n) is 8.34. The Bertz CT molecular complexity index is 1000. The van der Waals surface area contributed by atoms with Crippen LogP contribution >= 0.6 is 11.6 Å². The van der Waals surface area contributed by atoms with E-state index >= 15 is 0 Å². The number of benzene rings is 3. The summed E-state index contributed by atoms with van der Waals surface area (Å²) in [4.78, 5) is 12.1. The summed E-state index contributed by atoms with van der Waals surface area (Å²) in [5.41, 5.74) is 3.97. The van der Waals surface area contributed by atoms with Gasteiger partial charge in [-0.25, -0.2) is 5.43 Å². The number of carbonyl (C=O) groups is 1. The Hall–Kier alpha value is -3.51. The lowest BCUT2D eigenvalue weighted by Crippen LogP contribution is -2.17. The molecule has 3 N–H and O–H groups in total. The molecule has 142 valence electrons. The van der Waals surface area contributed by atoms with Gasteiger partial charge in [-0.05, 0) is 42.0 Å². The predicted octanol–water partition coefficient (Wildman–Crippen LogP) is 4.09. The highest BCUT2D eigenvalue weighted by molar-refractivity contribution is 6.30. The van der Waals surface area contributed by atoms with Crippen LogP contribution in [0.5, 0.6) is 17.2 Å². The number of para-hydroxylation sites is 1. The van der Waals surface area contributed by atoms with Crippen molar-refractivity contribution in [3.63, 3.8) is 0 Å². The zero-order valence-electron chi connectivity index (χ0n) is 14.7. The van der Waals surface area contributed by atoms with Crippen molar-refractivity contribution in [2.24, 2.45) is 5.10 Å². The van der Waals surface area contributed by atoms with Crippen LogP contribution in [0.2, 0.25) is 5.02 Å². The molecule has 0 bridgehead atoms. The number of phenols is 2. The summed E-state index contributed by atoms with van der Waals surface area (Å²) in [5, 5.41) is 23.6. The van der Waals surface area contributed by atoms with Gasteiger partial charge >= 0.3 is 0 Å². The van der Waals surface area contributed by atoms with E-state index in [1.54, 1.807) is 24.3 Å². The first-order chi connectivity index (χ1) is 13.5. The van der Waals surface area contributed by atoms with Crippen LogP contribution < -0.4 is 10.2 Å². The van der Waals surface area contributed by atoms with Crippen LogP contribution in [-0.4, -0.2) is 22.3 Å². The van der Waals surface area contributed by atoms with E-state index in [4.69, 9.17) is 16.3 Å². The molecule has 0 aliphatic carbocycles. The minimum Gasteiger partial charge on any atom is -0.508 e. The van der Waals surface area contributed by atoms with Crippen molar-refractivity contribution in [1.29, 1.82) is 0 Å². The number of phenolic OH excluding ortho intramolecular Hbond substituents is 2. The number of ether oxygens (including phenoxy) is 1. The number of aromatic hydroxyl groups is 2. The molecule has 7 heteroatoms. The predicted molar refractivity (Wildman–Crippen MR) is 107 cm³/mol. The second kappa shape index (κ2) is 8.92. The summed E-state index contributed by atoms with van der Waals surface area (Å²) in [6.07, 6.45) is 1.45. The summed E-state index contributed by atoms with van der Waals surface area (Å²) in [7, 11) is 0. The van der Waals surface area contributed by atoms with Crippen molar-refractivity contribution in [2.45, 2.75) is 6.61 Å². The number of nitrogens with zero attached hydrogens (tertiary/aromatic N) is 1. The average molecular weight is 397 g/mol. The van der Waals surface area contributed by atoms with Crippen LogP contribution in [0.25, 0.3) is 0 Å². The second-order valence-electron chi connectivity index (χ2n) is 5.85. The van der Waals surface area contributed by atoms with E-state index in [0.29, 0.717) is 22.9 Å². The lowest BCUT2D eigenvalue weighted by molar-refractivity contribution is 0.0952. The van der Waals surface area contributed by atoms with Crippen LogP contribution in [0.1, 0.15) is 21.5 Å². The number of carbonyl (C=O) groups excluding carboxylic acids is 1. The largest absolute Gasteiger partial charge is 0.508 e. The van der Waals surface area contributed by atoms with E-state index in [-0.39, 0.29) is 17.1 Å². The third-order valence-electron chi connectivity index (χ3n) is 3.82. The fraction of sp³-hybridized carbons (Fsp3) is 0.0476. The van der Waals surface area contributed by atoms with Gasteiger partial charge in [0, 0.05) is 16.7 Å². The maximum absolute atomic E-state index is 12.1. The molecular formula is C21H17ClN2O4. The zero-order valence-corrected chi connectivity index (χ0v) is 15.4. The van der Waals surface area contributed by atoms with Gasteiger partial charge in [0.25, 0.3) is 5.91 Å². The third kappa shape index (κ3) is 5.02. The summed E-state index contributed by atoms with van der Waals surface area (Å²) in [6, 6.07) is 18.3. The van der Waals surface area contributed by atoms with E-state index in [1.807, 2.05) is 24.3 Å². The lowest BCUT2D eigenvalue weighted by atomic mass is 10.2. The normalized spacial score (nSPS) is 10.8. The number of hydrazone groups is 1. The Kier molecular flexibility index (Phi) is 6.14. The fourth-order valence-corrected chi connectivity index (χ4v) is 2.52. The van der Waals surface area contributed by atoms with Gasteiger partial charge in [0.1, 0.15) is 23.9 Å². The second-order valence-corrected chi connectivity index (χ2v) is 6.29. The molecule has 0 aromatic heterocycles. The van der Waals surface area contributed by atoms with Gasteiger partial charge in [-0.15, -0.1) is 0 Å². The number of hydrogen-bond donors (Lipinski definition) is 3. The summed E-state index contributed by atoms with van der Waals surface area (Å²) in [5.74, 6) is -0.472. The van der Waals surface area contributed by atoms with E-state index in [9.17, 15) is 15.0 Å². The highest BCUT2D eigenvalue weighted by Crippen LogP contribution is 2.22. The Balaban J connectivity index is 1.65. The highest BCUT2D eigenvalue weighted by atomic mass is 35.5. The molecule has 3 rings (SSSR count). The van der Waals surface area contributed by atoms with Crippen LogP contribution in [-0.2, 0) is 6.61 Å². The van der Waals surface area contributed by atoms with Gasteiger partial charge in [0.15, 0.2) is 0 Å². The van der Waals surface area contributed by atoms with Crippen LogP contribution in [0, 0.1) is 0 Å². The van der Waals surface area contributed by atoms with Crippen molar-refractivity contribution >= 4 is 23.7 Å². The Morgan fingerprint density at radius 2 is 1.82 bits per heavy atom. The van der Waals surface area contributed by atoms with Gasteiger partial charge in [-0.2, -0.15) is 5.10 Å². The zero-order chi connectivity index (χ0) is 19.9. The van der Waals surface area contributed by atoms with Crippen LogP contribution in [0.4, 0.5) is 0 Å². The molecule has 0 spiro atoms. The molecule has 1 amide bonds. The Labute approximate surface area is 166 Å². The topological polar surface area (TPSA) is 91.2 Å². The van der Waals surface area contributed by atoms with Gasteiger partial charge < -0.3 is 14.9 Å². The quantitative estimate of drug-likeness (QED) is 0.432. The number of halogens is 1. The highest BCUT2D eigenvalue weighted by Gasteiger charge is 2.10. The SMILES string of the molecule is O=C(N/N=C\c1ccccc1OCc1ccc(Cl)cc1)c1ccc(O)cc1O. The van der Waals surface area contributed by atoms with Gasteiger partial charge in [0.05, 0.1) is 11.8 Å². The van der Waals surface area contributed by atoms with Gasteiger partial charge in [-0.1, -0.05) is 35.9 Å². The molecule has 3 aromatic carbocycles. The van der Waals surface area contributed by atoms with Crippen molar-refractivity contribution < 1.29 is 19.7 Å². The number of amides is 1. The molecule has 0 heterocycles. The van der Waals surface area contributed by atoms with E-state index in [0.717, 1.165) is 11.6 Å². The molecule has 0 aliphatic rings. The molecule has 28 heavy (non-hydrogen) atoms. The van der Waals surface area contributed by atoms with Crippen molar-refractivity contribution in [3.05, 3.63) is 88.4 Å². The average Bonchev–Trinajstić information content (AvgIpc) is 2.68. The van der Waals surface area contributed by atoms with E-state index in [1.165, 1.54) is 18.3 Å². The lowest BCUT2D eigenvalue weighted by Gasteiger charge is -2.09. The van der Waals surface area contributed by atoms with Gasteiger partial charge in [-0.3, -0.25) is 4.79 Å². The van der Waals surface area contributed by atoms with E-state index < -0.39 is 5.91 Å². The van der Waals surface area contributed by atoms with Crippen molar-refractivity contribution in [1.82, 2.24) is 5.43 Å². The van der Waals surface area contributed by atoms with Crippen molar-refractivity contribution in [2.75, 3.05) is 0 Å². The minimum absolute atomic E-state index is 0.00206. The maximum Gasteiger partial charge on any atom is 0.275 e. The fourth-order valence-electron chi connectivity index (χ4n) is 2.39. The molecule has 6 nitrogen and oxygen atoms in total. The molecule has 0 saturated heterocycles. The molecule has 0 saturated carbocycles. The molecule has 0 aliphatic heterocycles. The third-order valence-corrected chi connectivity index (χ3v) is 4.07. The van der Waals surface area contributed by atoms with Crippen LogP contribution in [0.15, 0.2) is 71.8 Å². The molecule has 0 radical (unpaired) electrons. The van der Waals surface area contributed by atoms with Crippen molar-refractivity contribution in [3.8, 4) is 17.2 Å². The Morgan fingerprint density at radius 3 is 2.57 bits per heavy atom. The smallest absolute Gasteiger partial charge is 0.275 e. The van der Waals surface area contributed by atoms with E-state index in [2.05, 4.69) is 10.5 Å². The molecule has 0 atom stereocenters. The number of nitrogens with one attached hydrogen (secondary N) is 1. The number of rotatable bonds is 6.